The van der Waals surface area contributed by atoms with Crippen LogP contribution in [0.15, 0.2) is 0 Å². The lowest BCUT2D eigenvalue weighted by Gasteiger charge is -2.32. The maximum Gasteiger partial charge on any atom is 0.314 e. The molecular weight excluding hydrogens is 222 g/mol. The Balaban J connectivity index is 1.67. The Morgan fingerprint density at radius 2 is 2.12 bits per heavy atom. The molecule has 4 nitrogen and oxygen atoms in total. The van der Waals surface area contributed by atoms with E-state index in [0.717, 1.165) is 32.5 Å². The van der Waals surface area contributed by atoms with Crippen LogP contribution in [-0.4, -0.2) is 47.6 Å². The van der Waals surface area contributed by atoms with E-state index < -0.39 is 0 Å². The van der Waals surface area contributed by atoms with E-state index in [4.69, 9.17) is 5.73 Å². The second-order valence-corrected chi connectivity index (χ2v) is 6.14. The van der Waals surface area contributed by atoms with Gasteiger partial charge in [-0.05, 0) is 31.9 Å². The summed E-state index contributed by atoms with van der Waals surface area (Å²) in [5, 5.41) is 3.64. The molecule has 2 rings (SSSR count). The highest BCUT2D eigenvalue weighted by Gasteiger charge is 2.41. The molecule has 2 amide bonds. The highest BCUT2D eigenvalue weighted by atomic mass is 32.2. The minimum atomic E-state index is -0.277. The zero-order valence-corrected chi connectivity index (χ0v) is 10.7. The number of carbonyl (C=O) groups is 1. The molecule has 1 aliphatic carbocycles. The van der Waals surface area contributed by atoms with Crippen molar-refractivity contribution in [3.05, 3.63) is 0 Å². The molecule has 1 heterocycles. The van der Waals surface area contributed by atoms with Gasteiger partial charge in [0.2, 0.25) is 0 Å². The van der Waals surface area contributed by atoms with E-state index in [2.05, 4.69) is 11.6 Å². The van der Waals surface area contributed by atoms with Crippen LogP contribution < -0.4 is 11.1 Å². The molecule has 1 saturated heterocycles. The zero-order chi connectivity index (χ0) is 11.6. The first-order chi connectivity index (χ1) is 7.65. The highest BCUT2D eigenvalue weighted by Crippen LogP contribution is 2.46. The van der Waals surface area contributed by atoms with Gasteiger partial charge in [0.1, 0.15) is 0 Å². The highest BCUT2D eigenvalue weighted by molar-refractivity contribution is 8.00. The van der Waals surface area contributed by atoms with Crippen LogP contribution in [0, 0.1) is 0 Å². The first-order valence-corrected chi connectivity index (χ1v) is 7.21. The molecule has 92 valence electrons. The zero-order valence-electron chi connectivity index (χ0n) is 9.87. The number of nitrogens with one attached hydrogen (secondary N) is 1. The number of nitrogens with zero attached hydrogens (tertiary/aromatic N) is 1. The summed E-state index contributed by atoms with van der Waals surface area (Å²) in [6, 6.07) is 0.293. The quantitative estimate of drug-likeness (QED) is 0.775. The summed E-state index contributed by atoms with van der Waals surface area (Å²) in [5.41, 5.74) is 5.25. The Kier molecular flexibility index (Phi) is 3.64. The minimum absolute atomic E-state index is 0.277. The Morgan fingerprint density at radius 1 is 1.50 bits per heavy atom. The van der Waals surface area contributed by atoms with Gasteiger partial charge in [-0.3, -0.25) is 0 Å². The summed E-state index contributed by atoms with van der Waals surface area (Å²) < 4.78 is 0.529. The molecular formula is C11H21N3OS. The SMILES string of the molecule is CSC1(CNC2CCN(C(N)=O)CC2)CC1. The second-order valence-electron chi connectivity index (χ2n) is 4.87. The summed E-state index contributed by atoms with van der Waals surface area (Å²) >= 11 is 1.99. The lowest BCUT2D eigenvalue weighted by molar-refractivity contribution is 0.185. The van der Waals surface area contributed by atoms with Crippen LogP contribution in [-0.2, 0) is 0 Å². The molecule has 0 aromatic rings. The first kappa shape index (κ1) is 12.0. The fourth-order valence-corrected chi connectivity index (χ4v) is 2.96. The van der Waals surface area contributed by atoms with E-state index in [1.807, 2.05) is 11.8 Å². The number of nitrogens with two attached hydrogens (primary N) is 1. The van der Waals surface area contributed by atoms with Crippen LogP contribution in [0.5, 0.6) is 0 Å². The number of amides is 2. The topological polar surface area (TPSA) is 58.4 Å². The van der Waals surface area contributed by atoms with Gasteiger partial charge >= 0.3 is 6.03 Å². The number of piperidine rings is 1. The minimum Gasteiger partial charge on any atom is -0.351 e. The van der Waals surface area contributed by atoms with E-state index in [0.29, 0.717) is 10.8 Å². The maximum atomic E-state index is 11.0. The van der Waals surface area contributed by atoms with Gasteiger partial charge in [0.15, 0.2) is 0 Å². The fourth-order valence-electron chi connectivity index (χ4n) is 2.23. The molecule has 16 heavy (non-hydrogen) atoms. The van der Waals surface area contributed by atoms with E-state index >= 15 is 0 Å². The Hall–Kier alpha value is -0.420. The van der Waals surface area contributed by atoms with Crippen LogP contribution in [0.25, 0.3) is 0 Å². The molecule has 1 aliphatic heterocycles. The van der Waals surface area contributed by atoms with Crippen molar-refractivity contribution < 1.29 is 4.79 Å². The van der Waals surface area contributed by atoms with Gasteiger partial charge in [-0.1, -0.05) is 0 Å². The van der Waals surface area contributed by atoms with Crippen LogP contribution in [0.1, 0.15) is 25.7 Å². The van der Waals surface area contributed by atoms with E-state index in [1.165, 1.54) is 12.8 Å². The average molecular weight is 243 g/mol. The molecule has 0 radical (unpaired) electrons. The maximum absolute atomic E-state index is 11.0. The van der Waals surface area contributed by atoms with Crippen LogP contribution in [0.3, 0.4) is 0 Å². The van der Waals surface area contributed by atoms with Crippen molar-refractivity contribution >= 4 is 17.8 Å². The number of hydrogen-bond acceptors (Lipinski definition) is 3. The molecule has 0 bridgehead atoms. The summed E-state index contributed by atoms with van der Waals surface area (Å²) in [6.07, 6.45) is 6.97. The molecule has 2 aliphatic rings. The van der Waals surface area contributed by atoms with Crippen molar-refractivity contribution in [2.24, 2.45) is 5.73 Å². The van der Waals surface area contributed by atoms with E-state index in [9.17, 15) is 4.79 Å². The number of rotatable bonds is 4. The third-order valence-electron chi connectivity index (χ3n) is 3.76. The van der Waals surface area contributed by atoms with Crippen molar-refractivity contribution in [3.63, 3.8) is 0 Å². The van der Waals surface area contributed by atoms with Crippen molar-refractivity contribution in [1.29, 1.82) is 0 Å². The Bertz CT molecular complexity index is 260. The molecule has 0 aromatic carbocycles. The van der Waals surface area contributed by atoms with Gasteiger partial charge in [0.25, 0.3) is 0 Å². The number of carbonyl (C=O) groups excluding carboxylic acids is 1. The lowest BCUT2D eigenvalue weighted by atomic mass is 10.1. The smallest absolute Gasteiger partial charge is 0.314 e. The van der Waals surface area contributed by atoms with Crippen molar-refractivity contribution in [2.75, 3.05) is 25.9 Å². The van der Waals surface area contributed by atoms with Crippen molar-refractivity contribution in [3.8, 4) is 0 Å². The Labute approximate surface area is 101 Å². The fraction of sp³-hybridized carbons (Fsp3) is 0.909. The lowest BCUT2D eigenvalue weighted by Crippen LogP contribution is -2.48. The predicted molar refractivity (Wildman–Crippen MR) is 67.7 cm³/mol. The van der Waals surface area contributed by atoms with Gasteiger partial charge in [-0.2, -0.15) is 11.8 Å². The molecule has 0 aromatic heterocycles. The second kappa shape index (κ2) is 4.84. The number of primary amides is 1. The third kappa shape index (κ3) is 2.83. The molecule has 3 N–H and O–H groups in total. The standard InChI is InChI=1S/C11H21N3OS/c1-16-11(4-5-11)8-13-9-2-6-14(7-3-9)10(12)15/h9,13H,2-8H2,1H3,(H2,12,15). The summed E-state index contributed by atoms with van der Waals surface area (Å²) in [7, 11) is 0. The molecule has 2 fully saturated rings. The van der Waals surface area contributed by atoms with Crippen molar-refractivity contribution in [2.45, 2.75) is 36.5 Å². The summed E-state index contributed by atoms with van der Waals surface area (Å²) in [5.74, 6) is 0. The van der Waals surface area contributed by atoms with Gasteiger partial charge in [-0.15, -0.1) is 0 Å². The summed E-state index contributed by atoms with van der Waals surface area (Å²) in [4.78, 5) is 12.7. The van der Waals surface area contributed by atoms with Crippen LogP contribution >= 0.6 is 11.8 Å². The molecule has 0 unspecified atom stereocenters. The monoisotopic (exact) mass is 243 g/mol. The number of thioether (sulfide) groups is 1. The molecule has 5 heteroatoms. The van der Waals surface area contributed by atoms with Gasteiger partial charge in [-0.25, -0.2) is 4.79 Å². The molecule has 0 spiro atoms. The van der Waals surface area contributed by atoms with E-state index in [1.54, 1.807) is 4.90 Å². The average Bonchev–Trinajstić information content (AvgIpc) is 3.08. The number of hydrogen-bond donors (Lipinski definition) is 2. The van der Waals surface area contributed by atoms with Gasteiger partial charge in [0, 0.05) is 30.4 Å². The third-order valence-corrected chi connectivity index (χ3v) is 5.18. The van der Waals surface area contributed by atoms with Gasteiger partial charge < -0.3 is 16.0 Å². The predicted octanol–water partition coefficient (Wildman–Crippen LogP) is 1.01. The van der Waals surface area contributed by atoms with E-state index in [-0.39, 0.29) is 6.03 Å². The number of urea groups is 1. The number of likely N-dealkylation sites (tertiary alicyclic amines) is 1. The first-order valence-electron chi connectivity index (χ1n) is 5.98. The Morgan fingerprint density at radius 3 is 2.56 bits per heavy atom. The normalized spacial score (nSPS) is 24.4. The van der Waals surface area contributed by atoms with Crippen molar-refractivity contribution in [1.82, 2.24) is 10.2 Å². The van der Waals surface area contributed by atoms with Crippen LogP contribution in [0.4, 0.5) is 4.79 Å². The molecule has 1 saturated carbocycles. The molecule has 0 atom stereocenters. The largest absolute Gasteiger partial charge is 0.351 e. The van der Waals surface area contributed by atoms with Gasteiger partial charge in [0.05, 0.1) is 0 Å². The summed E-state index contributed by atoms with van der Waals surface area (Å²) in [6.45, 7) is 2.73. The van der Waals surface area contributed by atoms with Crippen LogP contribution in [0.2, 0.25) is 0 Å².